The minimum atomic E-state index is -0.0281. The summed E-state index contributed by atoms with van der Waals surface area (Å²) in [5, 5.41) is 5.67. The van der Waals surface area contributed by atoms with Crippen molar-refractivity contribution in [1.82, 2.24) is 0 Å². The molecule has 1 heterocycles. The van der Waals surface area contributed by atoms with Crippen LogP contribution in [0.3, 0.4) is 0 Å². The number of nitrogens with one attached hydrogen (secondary N) is 2. The van der Waals surface area contributed by atoms with Gasteiger partial charge in [0.25, 0.3) is 0 Å². The van der Waals surface area contributed by atoms with E-state index >= 15 is 0 Å². The summed E-state index contributed by atoms with van der Waals surface area (Å²) in [6.45, 7) is 6.24. The van der Waals surface area contributed by atoms with Crippen molar-refractivity contribution < 1.29 is 9.59 Å². The molecule has 0 unspecified atom stereocenters. The molecule has 1 aliphatic rings. The molecule has 1 aromatic carbocycles. The third-order valence-corrected chi connectivity index (χ3v) is 4.88. The van der Waals surface area contributed by atoms with Crippen LogP contribution in [0.15, 0.2) is 23.1 Å². The van der Waals surface area contributed by atoms with E-state index in [1.807, 2.05) is 12.1 Å². The van der Waals surface area contributed by atoms with Gasteiger partial charge >= 0.3 is 0 Å². The summed E-state index contributed by atoms with van der Waals surface area (Å²) in [6, 6.07) is 5.59. The van der Waals surface area contributed by atoms with Crippen LogP contribution >= 0.6 is 23.5 Å². The van der Waals surface area contributed by atoms with Crippen LogP contribution in [0.5, 0.6) is 0 Å². The van der Waals surface area contributed by atoms with Crippen molar-refractivity contribution in [1.29, 1.82) is 0 Å². The fourth-order valence-electron chi connectivity index (χ4n) is 1.64. The first kappa shape index (κ1) is 15.3. The summed E-state index contributed by atoms with van der Waals surface area (Å²) in [5.74, 6) is 0.830. The highest BCUT2D eigenvalue weighted by molar-refractivity contribution is 8.01. The summed E-state index contributed by atoms with van der Waals surface area (Å²) in [6.07, 6.45) is 0. The summed E-state index contributed by atoms with van der Waals surface area (Å²) < 4.78 is 0.0673. The number of fused-ring (bicyclic) bond motifs is 1. The summed E-state index contributed by atoms with van der Waals surface area (Å²) in [5.41, 5.74) is 1.48. The summed E-state index contributed by atoms with van der Waals surface area (Å²) in [4.78, 5) is 24.3. The third-order valence-electron chi connectivity index (χ3n) is 2.53. The van der Waals surface area contributed by atoms with Gasteiger partial charge in [0.05, 0.1) is 17.2 Å². The minimum absolute atomic E-state index is 0.00531. The molecule has 0 atom stereocenters. The second-order valence-corrected chi connectivity index (χ2v) is 8.32. The van der Waals surface area contributed by atoms with Gasteiger partial charge in [-0.05, 0) is 18.2 Å². The number of rotatable bonds is 3. The molecule has 4 nitrogen and oxygen atoms in total. The van der Waals surface area contributed by atoms with Crippen molar-refractivity contribution in [2.24, 2.45) is 0 Å². The number of anilines is 2. The Morgan fingerprint density at radius 2 is 2.20 bits per heavy atom. The number of hydrogen-bond donors (Lipinski definition) is 2. The zero-order valence-electron chi connectivity index (χ0n) is 11.8. The van der Waals surface area contributed by atoms with Crippen molar-refractivity contribution in [3.63, 3.8) is 0 Å². The predicted octanol–water partition coefficient (Wildman–Crippen LogP) is 3.20. The number of carbonyl (C=O) groups excluding carboxylic acids is 2. The average molecular weight is 310 g/mol. The largest absolute Gasteiger partial charge is 0.325 e. The number of amides is 2. The fraction of sp³-hybridized carbons (Fsp3) is 0.429. The molecule has 6 heteroatoms. The second-order valence-electron chi connectivity index (χ2n) is 5.50. The van der Waals surface area contributed by atoms with E-state index in [2.05, 4.69) is 31.4 Å². The molecule has 108 valence electrons. The maximum absolute atomic E-state index is 11.9. The lowest BCUT2D eigenvalue weighted by atomic mass is 10.2. The number of hydrogen-bond acceptors (Lipinski definition) is 4. The van der Waals surface area contributed by atoms with Gasteiger partial charge in [-0.25, -0.2) is 0 Å². The molecule has 0 radical (unpaired) electrons. The van der Waals surface area contributed by atoms with E-state index in [1.165, 1.54) is 11.8 Å². The maximum atomic E-state index is 11.9. The third kappa shape index (κ3) is 4.45. The van der Waals surface area contributed by atoms with E-state index in [-0.39, 0.29) is 16.6 Å². The molecule has 0 spiro atoms. The summed E-state index contributed by atoms with van der Waals surface area (Å²) in [7, 11) is 0. The minimum Gasteiger partial charge on any atom is -0.325 e. The molecule has 0 aliphatic carbocycles. The Labute approximate surface area is 127 Å². The Kier molecular flexibility index (Phi) is 4.65. The maximum Gasteiger partial charge on any atom is 0.234 e. The van der Waals surface area contributed by atoms with Gasteiger partial charge in [0.1, 0.15) is 0 Å². The van der Waals surface area contributed by atoms with Gasteiger partial charge in [0.15, 0.2) is 0 Å². The van der Waals surface area contributed by atoms with E-state index < -0.39 is 0 Å². The topological polar surface area (TPSA) is 58.2 Å². The lowest BCUT2D eigenvalue weighted by Gasteiger charge is -2.18. The van der Waals surface area contributed by atoms with Gasteiger partial charge < -0.3 is 10.6 Å². The first-order chi connectivity index (χ1) is 9.33. The SMILES string of the molecule is CC(C)(C)SCC(=O)Nc1ccc2c(c1)NC(=O)CS2. The van der Waals surface area contributed by atoms with Gasteiger partial charge in [-0.3, -0.25) is 9.59 Å². The Morgan fingerprint density at radius 1 is 1.45 bits per heavy atom. The normalized spacial score (nSPS) is 14.4. The zero-order valence-corrected chi connectivity index (χ0v) is 13.4. The van der Waals surface area contributed by atoms with Crippen molar-refractivity contribution in [3.05, 3.63) is 18.2 Å². The van der Waals surface area contributed by atoms with Crippen LogP contribution < -0.4 is 10.6 Å². The second kappa shape index (κ2) is 6.10. The zero-order chi connectivity index (χ0) is 14.8. The van der Waals surface area contributed by atoms with Gasteiger partial charge in [0.2, 0.25) is 11.8 Å². The molecule has 0 fully saturated rings. The average Bonchev–Trinajstić information content (AvgIpc) is 2.35. The van der Waals surface area contributed by atoms with Crippen LogP contribution in [-0.4, -0.2) is 28.1 Å². The van der Waals surface area contributed by atoms with E-state index in [0.29, 0.717) is 17.2 Å². The molecule has 0 saturated carbocycles. The van der Waals surface area contributed by atoms with E-state index in [9.17, 15) is 9.59 Å². The lowest BCUT2D eigenvalue weighted by molar-refractivity contribution is -0.114. The molecule has 2 amide bonds. The van der Waals surface area contributed by atoms with Crippen molar-refractivity contribution in [2.75, 3.05) is 22.1 Å². The van der Waals surface area contributed by atoms with Crippen LogP contribution in [0.25, 0.3) is 0 Å². The standard InChI is InChI=1S/C14H18N2O2S2/c1-14(2,3)20-8-13(18)15-9-4-5-11-10(6-9)16-12(17)7-19-11/h4-6H,7-8H2,1-3H3,(H,15,18)(H,16,17). The Morgan fingerprint density at radius 3 is 2.90 bits per heavy atom. The van der Waals surface area contributed by atoms with Crippen molar-refractivity contribution in [2.45, 2.75) is 30.4 Å². The Bertz CT molecular complexity index is 538. The van der Waals surface area contributed by atoms with E-state index in [1.54, 1.807) is 17.8 Å². The molecule has 1 aromatic rings. The van der Waals surface area contributed by atoms with E-state index in [0.717, 1.165) is 10.6 Å². The Hall–Kier alpha value is -1.14. The quantitative estimate of drug-likeness (QED) is 0.900. The molecule has 2 rings (SSSR count). The van der Waals surface area contributed by atoms with Crippen LogP contribution in [0, 0.1) is 0 Å². The molecular formula is C14H18N2O2S2. The number of thioether (sulfide) groups is 2. The highest BCUT2D eigenvalue weighted by Crippen LogP contribution is 2.33. The van der Waals surface area contributed by atoms with Gasteiger partial charge in [-0.1, -0.05) is 20.8 Å². The first-order valence-corrected chi connectivity index (χ1v) is 8.31. The molecular weight excluding hydrogens is 292 g/mol. The molecule has 0 bridgehead atoms. The van der Waals surface area contributed by atoms with Crippen LogP contribution in [-0.2, 0) is 9.59 Å². The molecule has 2 N–H and O–H groups in total. The molecule has 20 heavy (non-hydrogen) atoms. The van der Waals surface area contributed by atoms with Gasteiger partial charge in [-0.2, -0.15) is 0 Å². The van der Waals surface area contributed by atoms with Crippen LogP contribution in [0.2, 0.25) is 0 Å². The highest BCUT2D eigenvalue weighted by Gasteiger charge is 2.17. The van der Waals surface area contributed by atoms with Crippen molar-refractivity contribution >= 4 is 46.7 Å². The molecule has 1 aliphatic heterocycles. The summed E-state index contributed by atoms with van der Waals surface area (Å²) >= 11 is 3.11. The Balaban J connectivity index is 1.98. The lowest BCUT2D eigenvalue weighted by Crippen LogP contribution is -2.20. The first-order valence-electron chi connectivity index (χ1n) is 6.34. The van der Waals surface area contributed by atoms with Gasteiger partial charge in [-0.15, -0.1) is 23.5 Å². The fourth-order valence-corrected chi connectivity index (χ4v) is 3.06. The highest BCUT2D eigenvalue weighted by atomic mass is 32.2. The monoisotopic (exact) mass is 310 g/mol. The van der Waals surface area contributed by atoms with Gasteiger partial charge in [0, 0.05) is 15.3 Å². The smallest absolute Gasteiger partial charge is 0.234 e. The van der Waals surface area contributed by atoms with E-state index in [4.69, 9.17) is 0 Å². The van der Waals surface area contributed by atoms with Crippen LogP contribution in [0.1, 0.15) is 20.8 Å². The predicted molar refractivity (Wildman–Crippen MR) is 86.6 cm³/mol. The molecule has 0 saturated heterocycles. The number of carbonyl (C=O) groups is 2. The van der Waals surface area contributed by atoms with Crippen molar-refractivity contribution in [3.8, 4) is 0 Å². The molecule has 0 aromatic heterocycles. The number of benzene rings is 1. The van der Waals surface area contributed by atoms with Crippen LogP contribution in [0.4, 0.5) is 11.4 Å².